The van der Waals surface area contributed by atoms with Crippen LogP contribution in [-0.4, -0.2) is 30.6 Å². The molecule has 2 unspecified atom stereocenters. The highest BCUT2D eigenvalue weighted by atomic mass is 15.1. The van der Waals surface area contributed by atoms with E-state index in [1.165, 1.54) is 18.5 Å². The second kappa shape index (κ2) is 9.11. The van der Waals surface area contributed by atoms with Crippen molar-refractivity contribution in [2.45, 2.75) is 46.1 Å². The maximum absolute atomic E-state index is 6.27. The predicted molar refractivity (Wildman–Crippen MR) is 84.3 cm³/mol. The van der Waals surface area contributed by atoms with Gasteiger partial charge in [-0.1, -0.05) is 57.5 Å². The van der Waals surface area contributed by atoms with Crippen LogP contribution in [0.1, 0.15) is 39.2 Å². The van der Waals surface area contributed by atoms with E-state index in [4.69, 9.17) is 5.73 Å². The molecular weight excluding hydrogens is 232 g/mol. The van der Waals surface area contributed by atoms with E-state index in [2.05, 4.69) is 56.0 Å². The number of hydrogen-bond donors (Lipinski definition) is 1. The minimum atomic E-state index is 0.282. The fourth-order valence-electron chi connectivity index (χ4n) is 2.32. The lowest BCUT2D eigenvalue weighted by atomic mass is 10.0. The molecule has 2 nitrogen and oxygen atoms in total. The third kappa shape index (κ3) is 6.74. The van der Waals surface area contributed by atoms with Gasteiger partial charge in [-0.15, -0.1) is 0 Å². The molecule has 0 radical (unpaired) electrons. The van der Waals surface area contributed by atoms with Crippen LogP contribution in [0.25, 0.3) is 0 Å². The van der Waals surface area contributed by atoms with Crippen LogP contribution in [0.3, 0.4) is 0 Å². The van der Waals surface area contributed by atoms with Crippen molar-refractivity contribution in [3.63, 3.8) is 0 Å². The van der Waals surface area contributed by atoms with Gasteiger partial charge in [-0.25, -0.2) is 0 Å². The third-order valence-corrected chi connectivity index (χ3v) is 3.85. The van der Waals surface area contributed by atoms with Crippen LogP contribution < -0.4 is 5.73 Å². The molecule has 0 amide bonds. The molecule has 1 aromatic rings. The highest BCUT2D eigenvalue weighted by molar-refractivity contribution is 5.14. The summed E-state index contributed by atoms with van der Waals surface area (Å²) < 4.78 is 0. The Hall–Kier alpha value is -0.860. The van der Waals surface area contributed by atoms with Gasteiger partial charge >= 0.3 is 0 Å². The topological polar surface area (TPSA) is 29.3 Å². The Morgan fingerprint density at radius 1 is 1.11 bits per heavy atom. The molecular formula is C17H30N2. The summed E-state index contributed by atoms with van der Waals surface area (Å²) in [6, 6.07) is 10.9. The minimum Gasteiger partial charge on any atom is -0.327 e. The number of rotatable bonds is 9. The predicted octanol–water partition coefficient (Wildman–Crippen LogP) is 3.31. The van der Waals surface area contributed by atoms with Crippen LogP contribution in [0.15, 0.2) is 30.3 Å². The SMILES string of the molecule is CCC(C)CN(CC)CC(N)CCc1ccccc1. The normalized spacial score (nSPS) is 14.6. The van der Waals surface area contributed by atoms with E-state index in [1.54, 1.807) is 0 Å². The van der Waals surface area contributed by atoms with E-state index in [0.717, 1.165) is 31.8 Å². The molecule has 1 rings (SSSR count). The van der Waals surface area contributed by atoms with Crippen molar-refractivity contribution >= 4 is 0 Å². The van der Waals surface area contributed by atoms with Gasteiger partial charge in [-0.05, 0) is 30.9 Å². The van der Waals surface area contributed by atoms with E-state index in [0.29, 0.717) is 0 Å². The summed E-state index contributed by atoms with van der Waals surface area (Å²) in [5, 5.41) is 0. The van der Waals surface area contributed by atoms with Gasteiger partial charge in [0.2, 0.25) is 0 Å². The fourth-order valence-corrected chi connectivity index (χ4v) is 2.32. The molecule has 0 aromatic heterocycles. The van der Waals surface area contributed by atoms with Crippen LogP contribution in [0.2, 0.25) is 0 Å². The Labute approximate surface area is 119 Å². The lowest BCUT2D eigenvalue weighted by Crippen LogP contribution is -2.39. The van der Waals surface area contributed by atoms with Gasteiger partial charge in [0.05, 0.1) is 0 Å². The number of likely N-dealkylation sites (N-methyl/N-ethyl adjacent to an activating group) is 1. The quantitative estimate of drug-likeness (QED) is 0.740. The first kappa shape index (κ1) is 16.2. The van der Waals surface area contributed by atoms with Crippen LogP contribution in [0.4, 0.5) is 0 Å². The van der Waals surface area contributed by atoms with Crippen LogP contribution >= 0.6 is 0 Å². The van der Waals surface area contributed by atoms with Gasteiger partial charge in [-0.3, -0.25) is 0 Å². The Morgan fingerprint density at radius 3 is 2.37 bits per heavy atom. The van der Waals surface area contributed by atoms with Gasteiger partial charge in [0.1, 0.15) is 0 Å². The summed E-state index contributed by atoms with van der Waals surface area (Å²) in [5.41, 5.74) is 7.67. The molecule has 0 bridgehead atoms. The average Bonchev–Trinajstić information content (AvgIpc) is 2.45. The fraction of sp³-hybridized carbons (Fsp3) is 0.647. The standard InChI is InChI=1S/C17H30N2/c1-4-15(3)13-19(5-2)14-17(18)12-11-16-9-7-6-8-10-16/h6-10,15,17H,4-5,11-14,18H2,1-3H3. The van der Waals surface area contributed by atoms with Crippen molar-refractivity contribution in [3.05, 3.63) is 35.9 Å². The molecule has 0 saturated carbocycles. The molecule has 1 aromatic carbocycles. The molecule has 0 heterocycles. The second-order valence-corrected chi connectivity index (χ2v) is 5.65. The van der Waals surface area contributed by atoms with Crippen LogP contribution in [0.5, 0.6) is 0 Å². The summed E-state index contributed by atoms with van der Waals surface area (Å²) in [7, 11) is 0. The van der Waals surface area contributed by atoms with Crippen molar-refractivity contribution in [2.24, 2.45) is 11.7 Å². The number of nitrogens with two attached hydrogens (primary N) is 1. The number of nitrogens with zero attached hydrogens (tertiary/aromatic N) is 1. The molecule has 108 valence electrons. The molecule has 2 N–H and O–H groups in total. The number of hydrogen-bond acceptors (Lipinski definition) is 2. The first-order valence-corrected chi connectivity index (χ1v) is 7.67. The monoisotopic (exact) mass is 262 g/mol. The highest BCUT2D eigenvalue weighted by Crippen LogP contribution is 2.08. The molecule has 19 heavy (non-hydrogen) atoms. The van der Waals surface area contributed by atoms with Gasteiger partial charge in [0.15, 0.2) is 0 Å². The van der Waals surface area contributed by atoms with E-state index >= 15 is 0 Å². The highest BCUT2D eigenvalue weighted by Gasteiger charge is 2.11. The molecule has 0 aliphatic carbocycles. The molecule has 0 aliphatic rings. The second-order valence-electron chi connectivity index (χ2n) is 5.65. The maximum atomic E-state index is 6.27. The van der Waals surface area contributed by atoms with E-state index in [-0.39, 0.29) is 6.04 Å². The summed E-state index contributed by atoms with van der Waals surface area (Å²) in [5.74, 6) is 0.765. The lowest BCUT2D eigenvalue weighted by Gasteiger charge is -2.26. The Balaban J connectivity index is 2.30. The summed E-state index contributed by atoms with van der Waals surface area (Å²) in [6.45, 7) is 10.1. The van der Waals surface area contributed by atoms with Crippen molar-refractivity contribution in [3.8, 4) is 0 Å². The van der Waals surface area contributed by atoms with Gasteiger partial charge in [0.25, 0.3) is 0 Å². The molecule has 0 saturated heterocycles. The van der Waals surface area contributed by atoms with E-state index in [9.17, 15) is 0 Å². The third-order valence-electron chi connectivity index (χ3n) is 3.85. The maximum Gasteiger partial charge on any atom is 0.0170 e. The molecule has 2 heteroatoms. The lowest BCUT2D eigenvalue weighted by molar-refractivity contribution is 0.229. The number of benzene rings is 1. The zero-order valence-corrected chi connectivity index (χ0v) is 12.8. The Morgan fingerprint density at radius 2 is 1.79 bits per heavy atom. The van der Waals surface area contributed by atoms with E-state index in [1.807, 2.05) is 0 Å². The largest absolute Gasteiger partial charge is 0.327 e. The van der Waals surface area contributed by atoms with Crippen molar-refractivity contribution in [2.75, 3.05) is 19.6 Å². The van der Waals surface area contributed by atoms with Gasteiger partial charge in [0, 0.05) is 19.1 Å². The summed E-state index contributed by atoms with van der Waals surface area (Å²) in [6.07, 6.45) is 3.40. The molecule has 0 fully saturated rings. The Bertz CT molecular complexity index is 323. The van der Waals surface area contributed by atoms with Crippen LogP contribution in [0, 0.1) is 5.92 Å². The zero-order valence-electron chi connectivity index (χ0n) is 12.8. The number of aryl methyl sites for hydroxylation is 1. The smallest absolute Gasteiger partial charge is 0.0170 e. The first-order valence-electron chi connectivity index (χ1n) is 7.67. The molecule has 0 aliphatic heterocycles. The average molecular weight is 262 g/mol. The van der Waals surface area contributed by atoms with E-state index < -0.39 is 0 Å². The zero-order chi connectivity index (χ0) is 14.1. The molecule has 2 atom stereocenters. The van der Waals surface area contributed by atoms with Crippen LogP contribution in [-0.2, 0) is 6.42 Å². The van der Waals surface area contributed by atoms with Gasteiger partial charge in [-0.2, -0.15) is 0 Å². The Kier molecular flexibility index (Phi) is 7.76. The first-order chi connectivity index (χ1) is 9.15. The summed E-state index contributed by atoms with van der Waals surface area (Å²) in [4.78, 5) is 2.49. The minimum absolute atomic E-state index is 0.282. The summed E-state index contributed by atoms with van der Waals surface area (Å²) >= 11 is 0. The molecule has 0 spiro atoms. The van der Waals surface area contributed by atoms with Crippen molar-refractivity contribution in [1.82, 2.24) is 4.90 Å². The van der Waals surface area contributed by atoms with Crippen molar-refractivity contribution in [1.29, 1.82) is 0 Å². The van der Waals surface area contributed by atoms with Gasteiger partial charge < -0.3 is 10.6 Å². The van der Waals surface area contributed by atoms with Crippen molar-refractivity contribution < 1.29 is 0 Å².